The smallest absolute Gasteiger partial charge is 0.226 e. The van der Waals surface area contributed by atoms with Crippen molar-refractivity contribution in [3.63, 3.8) is 0 Å². The fourth-order valence-electron chi connectivity index (χ4n) is 3.73. The Morgan fingerprint density at radius 1 is 1.12 bits per heavy atom. The van der Waals surface area contributed by atoms with Crippen LogP contribution in [-0.2, 0) is 19.4 Å². The van der Waals surface area contributed by atoms with E-state index < -0.39 is 0 Å². The van der Waals surface area contributed by atoms with E-state index in [2.05, 4.69) is 55.1 Å². The molecule has 0 bridgehead atoms. The lowest BCUT2D eigenvalue weighted by molar-refractivity contribution is 0.402. The van der Waals surface area contributed by atoms with Crippen molar-refractivity contribution < 1.29 is 0 Å². The summed E-state index contributed by atoms with van der Waals surface area (Å²) in [5.74, 6) is 0.932. The molecule has 2 aliphatic rings. The fraction of sp³-hybridized carbons (Fsp3) is 0.500. The summed E-state index contributed by atoms with van der Waals surface area (Å²) >= 11 is 0. The monoisotopic (exact) mass is 322 g/mol. The van der Waals surface area contributed by atoms with Crippen molar-refractivity contribution in [1.82, 2.24) is 14.9 Å². The van der Waals surface area contributed by atoms with Gasteiger partial charge in [-0.2, -0.15) is 0 Å². The van der Waals surface area contributed by atoms with Gasteiger partial charge in [-0.3, -0.25) is 0 Å². The fourth-order valence-corrected chi connectivity index (χ4v) is 3.73. The van der Waals surface area contributed by atoms with Gasteiger partial charge in [-0.25, -0.2) is 9.97 Å². The van der Waals surface area contributed by atoms with Gasteiger partial charge in [-0.15, -0.1) is 0 Å². The summed E-state index contributed by atoms with van der Waals surface area (Å²) in [6.45, 7) is 4.32. The minimum atomic E-state index is 0.569. The second-order valence-corrected chi connectivity index (χ2v) is 7.42. The summed E-state index contributed by atoms with van der Waals surface area (Å²) in [5, 5.41) is 0. The highest BCUT2D eigenvalue weighted by molar-refractivity contribution is 5.67. The van der Waals surface area contributed by atoms with E-state index >= 15 is 0 Å². The number of aromatic nitrogens is 2. The molecule has 1 aromatic heterocycles. The van der Waals surface area contributed by atoms with E-state index in [0.717, 1.165) is 37.6 Å². The Labute approximate surface area is 144 Å². The van der Waals surface area contributed by atoms with Gasteiger partial charge in [0.2, 0.25) is 5.95 Å². The van der Waals surface area contributed by atoms with Crippen molar-refractivity contribution in [3.05, 3.63) is 41.1 Å². The van der Waals surface area contributed by atoms with E-state index in [1.807, 2.05) is 0 Å². The maximum atomic E-state index is 4.98. The molecule has 2 aromatic rings. The molecule has 126 valence electrons. The average molecular weight is 322 g/mol. The van der Waals surface area contributed by atoms with Crippen LogP contribution in [0.3, 0.4) is 0 Å². The number of fused-ring (bicyclic) bond motifs is 1. The highest BCUT2D eigenvalue weighted by Gasteiger charge is 2.29. The summed E-state index contributed by atoms with van der Waals surface area (Å²) in [5.41, 5.74) is 6.36. The second-order valence-electron chi connectivity index (χ2n) is 7.42. The van der Waals surface area contributed by atoms with Gasteiger partial charge >= 0.3 is 0 Å². The average Bonchev–Trinajstić information content (AvgIpc) is 3.01. The maximum absolute atomic E-state index is 4.98. The van der Waals surface area contributed by atoms with Gasteiger partial charge in [0.15, 0.2) is 0 Å². The van der Waals surface area contributed by atoms with Crippen LogP contribution in [0.1, 0.15) is 36.6 Å². The normalized spacial score (nSPS) is 19.5. The molecule has 0 saturated carbocycles. The molecule has 4 nitrogen and oxygen atoms in total. The minimum absolute atomic E-state index is 0.569. The number of hydrogen-bond donors (Lipinski definition) is 0. The lowest BCUT2D eigenvalue weighted by atomic mass is 10.0. The number of anilines is 1. The maximum Gasteiger partial charge on any atom is 0.226 e. The molecule has 1 aromatic carbocycles. The molecule has 0 radical (unpaired) electrons. The molecular formula is C20H26N4. The first-order chi connectivity index (χ1) is 11.6. The zero-order valence-corrected chi connectivity index (χ0v) is 14.9. The molecule has 24 heavy (non-hydrogen) atoms. The molecule has 1 aliphatic carbocycles. The molecule has 0 spiro atoms. The quantitative estimate of drug-likeness (QED) is 0.864. The Kier molecular flexibility index (Phi) is 4.01. The van der Waals surface area contributed by atoms with E-state index in [1.54, 1.807) is 0 Å². The Morgan fingerprint density at radius 2 is 1.92 bits per heavy atom. The SMILES string of the molecule is C[C@H]1CCN1c1nc2c(c(-c3ccc(CN(C)C)cc3)n1)CCC2. The van der Waals surface area contributed by atoms with Crippen LogP contribution in [0.2, 0.25) is 0 Å². The molecule has 4 rings (SSSR count). The first-order valence-corrected chi connectivity index (χ1v) is 9.02. The van der Waals surface area contributed by atoms with Crippen LogP contribution in [0.5, 0.6) is 0 Å². The largest absolute Gasteiger partial charge is 0.338 e. The first-order valence-electron chi connectivity index (χ1n) is 9.02. The van der Waals surface area contributed by atoms with Gasteiger partial charge < -0.3 is 9.80 Å². The van der Waals surface area contributed by atoms with Gasteiger partial charge in [-0.1, -0.05) is 24.3 Å². The molecule has 1 saturated heterocycles. The van der Waals surface area contributed by atoms with Crippen LogP contribution in [-0.4, -0.2) is 41.5 Å². The third kappa shape index (κ3) is 2.80. The third-order valence-corrected chi connectivity index (χ3v) is 5.22. The topological polar surface area (TPSA) is 32.3 Å². The van der Waals surface area contributed by atoms with Crippen LogP contribution >= 0.6 is 0 Å². The summed E-state index contributed by atoms with van der Waals surface area (Å²) in [4.78, 5) is 14.4. The van der Waals surface area contributed by atoms with Gasteiger partial charge in [-0.05, 0) is 52.3 Å². The van der Waals surface area contributed by atoms with Crippen molar-refractivity contribution in [2.24, 2.45) is 0 Å². The second kappa shape index (κ2) is 6.17. The van der Waals surface area contributed by atoms with Crippen molar-refractivity contribution in [1.29, 1.82) is 0 Å². The number of benzene rings is 1. The van der Waals surface area contributed by atoms with Crippen molar-refractivity contribution in [2.45, 2.75) is 45.2 Å². The molecule has 0 N–H and O–H groups in total. The number of aryl methyl sites for hydroxylation is 1. The van der Waals surface area contributed by atoms with E-state index in [4.69, 9.17) is 9.97 Å². The van der Waals surface area contributed by atoms with Crippen molar-refractivity contribution in [3.8, 4) is 11.3 Å². The third-order valence-electron chi connectivity index (χ3n) is 5.22. The number of hydrogen-bond acceptors (Lipinski definition) is 4. The van der Waals surface area contributed by atoms with E-state index in [9.17, 15) is 0 Å². The Morgan fingerprint density at radius 3 is 2.54 bits per heavy atom. The zero-order valence-electron chi connectivity index (χ0n) is 14.9. The summed E-state index contributed by atoms with van der Waals surface area (Å²) in [6.07, 6.45) is 4.66. The molecule has 4 heteroatoms. The van der Waals surface area contributed by atoms with Crippen LogP contribution < -0.4 is 4.90 Å². The van der Waals surface area contributed by atoms with Crippen LogP contribution in [0.15, 0.2) is 24.3 Å². The van der Waals surface area contributed by atoms with E-state index in [1.165, 1.54) is 35.2 Å². The molecular weight excluding hydrogens is 296 g/mol. The molecule has 2 heterocycles. The molecule has 1 atom stereocenters. The van der Waals surface area contributed by atoms with Gasteiger partial charge in [0.05, 0.1) is 5.69 Å². The zero-order chi connectivity index (χ0) is 16.7. The minimum Gasteiger partial charge on any atom is -0.338 e. The lowest BCUT2D eigenvalue weighted by Gasteiger charge is -2.39. The summed E-state index contributed by atoms with van der Waals surface area (Å²) < 4.78 is 0. The van der Waals surface area contributed by atoms with Crippen LogP contribution in [0, 0.1) is 0 Å². The van der Waals surface area contributed by atoms with E-state index in [-0.39, 0.29) is 0 Å². The van der Waals surface area contributed by atoms with E-state index in [0.29, 0.717) is 6.04 Å². The molecule has 0 unspecified atom stereocenters. The summed E-state index contributed by atoms with van der Waals surface area (Å²) in [6, 6.07) is 9.47. The molecule has 0 amide bonds. The lowest BCUT2D eigenvalue weighted by Crippen LogP contribution is -2.46. The Hall–Kier alpha value is -1.94. The first kappa shape index (κ1) is 15.6. The highest BCUT2D eigenvalue weighted by atomic mass is 15.3. The van der Waals surface area contributed by atoms with Crippen LogP contribution in [0.25, 0.3) is 11.3 Å². The predicted molar refractivity (Wildman–Crippen MR) is 98.3 cm³/mol. The molecule has 1 fully saturated rings. The van der Waals surface area contributed by atoms with Crippen molar-refractivity contribution >= 4 is 5.95 Å². The van der Waals surface area contributed by atoms with Gasteiger partial charge in [0.1, 0.15) is 0 Å². The van der Waals surface area contributed by atoms with Crippen LogP contribution in [0.4, 0.5) is 5.95 Å². The van der Waals surface area contributed by atoms with Crippen molar-refractivity contribution in [2.75, 3.05) is 25.5 Å². The predicted octanol–water partition coefficient (Wildman–Crippen LogP) is 3.29. The Bertz CT molecular complexity index is 736. The Balaban J connectivity index is 1.71. The van der Waals surface area contributed by atoms with Gasteiger partial charge in [0.25, 0.3) is 0 Å². The number of rotatable bonds is 4. The number of nitrogens with zero attached hydrogens (tertiary/aromatic N) is 4. The summed E-state index contributed by atoms with van der Waals surface area (Å²) in [7, 11) is 4.21. The molecule has 1 aliphatic heterocycles. The highest BCUT2D eigenvalue weighted by Crippen LogP contribution is 2.34. The van der Waals surface area contributed by atoms with Gasteiger partial charge in [0, 0.05) is 36.0 Å². The standard InChI is InChI=1S/C20H26N4/c1-14-11-12-24(14)20-21-18-6-4-5-17(18)19(22-20)16-9-7-15(8-10-16)13-23(2)3/h7-10,14H,4-6,11-13H2,1-3H3/t14-/m0/s1.